The van der Waals surface area contributed by atoms with E-state index in [0.29, 0.717) is 11.3 Å². The Balaban J connectivity index is 0.000000158. The van der Waals surface area contributed by atoms with E-state index in [0.717, 1.165) is 17.8 Å². The van der Waals surface area contributed by atoms with E-state index in [9.17, 15) is 0 Å². The van der Waals surface area contributed by atoms with Gasteiger partial charge >= 0.3 is 99.2 Å². The van der Waals surface area contributed by atoms with Crippen molar-refractivity contribution in [3.63, 3.8) is 0 Å². The maximum atomic E-state index is 3.57. The molecule has 288 valence electrons. The number of rotatable bonds is 4. The number of allylic oxidation sites excluding steroid dienone is 4. The molecule has 10 rings (SSSR count). The van der Waals surface area contributed by atoms with Gasteiger partial charge in [-0.2, -0.15) is 11.6 Å². The molecule has 0 saturated heterocycles. The van der Waals surface area contributed by atoms with Crippen LogP contribution in [0, 0.1) is 35.2 Å². The van der Waals surface area contributed by atoms with Gasteiger partial charge in [-0.3, -0.25) is 6.08 Å². The number of hydrogen-bond acceptors (Lipinski definition) is 0. The molecule has 0 radical (unpaired) electrons. The zero-order valence-corrected chi connectivity index (χ0v) is 38.4. The van der Waals surface area contributed by atoms with E-state index in [2.05, 4.69) is 171 Å². The van der Waals surface area contributed by atoms with Gasteiger partial charge < -0.3 is 24.8 Å². The Bertz CT molecular complexity index is 1990. The van der Waals surface area contributed by atoms with Crippen molar-refractivity contribution >= 4 is 24.8 Å². The molecule has 0 nitrogen and oxygen atoms in total. The monoisotopic (exact) mass is 844 g/mol. The standard InChI is InChI=1S/C21H25.C18H25.C13H10.2ClH.Zr/c1-20(2,3)16-9-7-14-11-15-8-10-17(21(4,5)6)13-19(15)18(14)12-16;1-12-3-13(2)17(4-12)11-18-8-14-5-15(9-18)7-16(6-14)10-18;1-3-7-12(8-4-1)11-13-9-5-2-6-10-13;;;/h7-13H,1-6H3;4,12,14-16H,5-11H2,1-2H3;1-10H;2*1H;/q2*-1;;;;+2/p-2. The van der Waals surface area contributed by atoms with Crippen molar-refractivity contribution in [1.29, 1.82) is 0 Å². The number of benzene rings is 4. The first-order chi connectivity index (χ1) is 25.2. The van der Waals surface area contributed by atoms with E-state index >= 15 is 0 Å². The molecule has 3 heteroatoms. The van der Waals surface area contributed by atoms with Crippen molar-refractivity contribution < 1.29 is 49.0 Å². The summed E-state index contributed by atoms with van der Waals surface area (Å²) in [4.78, 5) is 0. The second-order valence-corrected chi connectivity index (χ2v) is 20.4. The van der Waals surface area contributed by atoms with Crippen LogP contribution in [0.1, 0.15) is 123 Å². The molecule has 5 aromatic carbocycles. The molecule has 5 aliphatic carbocycles. The molecule has 0 N–H and O–H groups in total. The summed E-state index contributed by atoms with van der Waals surface area (Å²) >= 11 is 1.46. The topological polar surface area (TPSA) is 0 Å². The first-order valence-corrected chi connectivity index (χ1v) is 21.5. The van der Waals surface area contributed by atoms with E-state index < -0.39 is 0 Å². The molecule has 4 fully saturated rings. The fourth-order valence-corrected chi connectivity index (χ4v) is 11.1. The van der Waals surface area contributed by atoms with Crippen molar-refractivity contribution in [2.75, 3.05) is 0 Å². The average Bonchev–Trinajstić information content (AvgIpc) is 3.64. The summed E-state index contributed by atoms with van der Waals surface area (Å²) in [5, 5.41) is 5.49. The second-order valence-electron chi connectivity index (χ2n) is 19.2. The zero-order valence-electron chi connectivity index (χ0n) is 34.4. The molecule has 5 aliphatic rings. The van der Waals surface area contributed by atoms with Crippen molar-refractivity contribution in [3.05, 3.63) is 149 Å². The molecule has 0 aliphatic heterocycles. The van der Waals surface area contributed by atoms with Gasteiger partial charge in [-0.1, -0.05) is 103 Å². The van der Waals surface area contributed by atoms with Crippen LogP contribution in [-0.2, 0) is 35.1 Å². The van der Waals surface area contributed by atoms with Crippen LogP contribution in [0.3, 0.4) is 0 Å². The molecule has 4 saturated carbocycles. The molecule has 1 atom stereocenters. The molecule has 5 aromatic rings. The Morgan fingerprint density at radius 1 is 0.673 bits per heavy atom. The summed E-state index contributed by atoms with van der Waals surface area (Å²) in [6.45, 7) is 18.2. The Kier molecular flexibility index (Phi) is 14.0. The van der Waals surface area contributed by atoms with E-state index in [1.54, 1.807) is 44.1 Å². The third-order valence-electron chi connectivity index (χ3n) is 12.7. The summed E-state index contributed by atoms with van der Waals surface area (Å²) in [6, 6.07) is 37.3. The van der Waals surface area contributed by atoms with Crippen LogP contribution in [0.5, 0.6) is 0 Å². The van der Waals surface area contributed by atoms with Gasteiger partial charge in [0.1, 0.15) is 0 Å². The Labute approximate surface area is 360 Å². The van der Waals surface area contributed by atoms with Gasteiger partial charge in [0.2, 0.25) is 0 Å². The molecular formula is C52H60Cl2Zr-2. The van der Waals surface area contributed by atoms with Crippen LogP contribution in [0.4, 0.5) is 0 Å². The van der Waals surface area contributed by atoms with Crippen LogP contribution in [0.2, 0.25) is 0 Å². The molecule has 0 spiro atoms. The van der Waals surface area contributed by atoms with Crippen LogP contribution in [0.25, 0.3) is 21.5 Å². The first kappa shape index (κ1) is 43.7. The summed E-state index contributed by atoms with van der Waals surface area (Å²) in [5.41, 5.74) is 9.66. The normalized spacial score (nSPS) is 23.7. The van der Waals surface area contributed by atoms with E-state index in [1.807, 2.05) is 0 Å². The summed E-state index contributed by atoms with van der Waals surface area (Å²) < 4.78 is 1.42. The average molecular weight is 847 g/mol. The van der Waals surface area contributed by atoms with Gasteiger partial charge in [-0.15, -0.1) is 39.7 Å². The first-order valence-electron chi connectivity index (χ1n) is 20.3. The summed E-state index contributed by atoms with van der Waals surface area (Å²) in [7, 11) is 0. The van der Waals surface area contributed by atoms with Gasteiger partial charge in [0, 0.05) is 0 Å². The third-order valence-corrected chi connectivity index (χ3v) is 14.1. The Hall–Kier alpha value is -2.44. The molecule has 0 heterocycles. The van der Waals surface area contributed by atoms with Gasteiger partial charge in [-0.05, 0) is 72.5 Å². The molecule has 0 aromatic heterocycles. The fraction of sp³-hybridized carbons (Fsp3) is 0.423. The number of fused-ring (bicyclic) bond motifs is 3. The van der Waals surface area contributed by atoms with E-state index in [1.165, 1.54) is 83.2 Å². The fourth-order valence-electron chi connectivity index (χ4n) is 10.3. The van der Waals surface area contributed by atoms with Crippen LogP contribution >= 0.6 is 0 Å². The van der Waals surface area contributed by atoms with Gasteiger partial charge in [0.25, 0.3) is 0 Å². The van der Waals surface area contributed by atoms with Crippen molar-refractivity contribution in [2.24, 2.45) is 29.1 Å². The van der Waals surface area contributed by atoms with E-state index in [-0.39, 0.29) is 35.6 Å². The quantitative estimate of drug-likeness (QED) is 0.161. The second kappa shape index (κ2) is 17.6. The molecular weight excluding hydrogens is 787 g/mol. The summed E-state index contributed by atoms with van der Waals surface area (Å²) in [6.07, 6.45) is 16.7. The van der Waals surface area contributed by atoms with Gasteiger partial charge in [0.15, 0.2) is 0 Å². The number of halogens is 2. The molecule has 0 amide bonds. The predicted molar refractivity (Wildman–Crippen MR) is 225 cm³/mol. The van der Waals surface area contributed by atoms with Crippen LogP contribution in [0.15, 0.2) is 120 Å². The maximum absolute atomic E-state index is 3.57. The van der Waals surface area contributed by atoms with Crippen molar-refractivity contribution in [3.8, 4) is 0 Å². The molecule has 1 unspecified atom stereocenters. The zero-order chi connectivity index (χ0) is 37.5. The Morgan fingerprint density at radius 3 is 1.45 bits per heavy atom. The minimum atomic E-state index is 0. The predicted octanol–water partition coefficient (Wildman–Crippen LogP) is 8.04. The Morgan fingerprint density at radius 2 is 1.09 bits per heavy atom. The molecule has 4 bridgehead atoms. The SMILES string of the molecule is CC(C)(C)c1ccc2[cH-]c3ccc(C(C)(C)C)cc3c2c1.CC1=[C-]C(C)C=C1CC12CC3CC(CC(C3)C1)C2.[Cl-].[Cl-].[Zr+2]=[C](c1ccccc1)c1ccccc1. The number of hydrogen-bond donors (Lipinski definition) is 0. The van der Waals surface area contributed by atoms with Gasteiger partial charge in [0.05, 0.1) is 0 Å². The van der Waals surface area contributed by atoms with Crippen LogP contribution in [-0.4, -0.2) is 3.21 Å². The van der Waals surface area contributed by atoms with E-state index in [4.69, 9.17) is 0 Å². The van der Waals surface area contributed by atoms with Gasteiger partial charge in [-0.25, -0.2) is 5.57 Å². The van der Waals surface area contributed by atoms with Crippen LogP contribution < -0.4 is 24.8 Å². The third kappa shape index (κ3) is 10.2. The molecule has 55 heavy (non-hydrogen) atoms. The van der Waals surface area contributed by atoms with Crippen molar-refractivity contribution in [2.45, 2.75) is 111 Å². The summed E-state index contributed by atoms with van der Waals surface area (Å²) in [5.74, 6) is 3.82. The minimum absolute atomic E-state index is 0. The van der Waals surface area contributed by atoms with Crippen molar-refractivity contribution in [1.82, 2.24) is 0 Å².